The second-order valence-corrected chi connectivity index (χ2v) is 6.81. The third-order valence-corrected chi connectivity index (χ3v) is 4.49. The van der Waals surface area contributed by atoms with Crippen molar-refractivity contribution in [3.8, 4) is 0 Å². The van der Waals surface area contributed by atoms with E-state index in [1.807, 2.05) is 36.5 Å². The van der Waals surface area contributed by atoms with Crippen molar-refractivity contribution in [2.24, 2.45) is 4.99 Å². The maximum Gasteiger partial charge on any atom is 0.191 e. The van der Waals surface area contributed by atoms with Crippen molar-refractivity contribution in [3.63, 3.8) is 0 Å². The summed E-state index contributed by atoms with van der Waals surface area (Å²) in [6, 6.07) is 10.1. The summed E-state index contributed by atoms with van der Waals surface area (Å²) in [4.78, 5) is 10.2. The van der Waals surface area contributed by atoms with Crippen molar-refractivity contribution in [2.45, 2.75) is 26.8 Å². The molecule has 0 saturated carbocycles. The zero-order valence-corrected chi connectivity index (χ0v) is 17.6. The van der Waals surface area contributed by atoms with Gasteiger partial charge in [-0.05, 0) is 26.0 Å². The molecule has 0 aliphatic rings. The van der Waals surface area contributed by atoms with E-state index in [1.165, 1.54) is 4.88 Å². The quantitative estimate of drug-likeness (QED) is 0.324. The number of furan rings is 1. The fourth-order valence-corrected chi connectivity index (χ4v) is 3.20. The molecule has 0 amide bonds. The number of hydrogen-bond acceptors (Lipinski definition) is 4. The molecule has 0 fully saturated rings. The lowest BCUT2D eigenvalue weighted by Crippen LogP contribution is -2.38. The molecule has 2 heterocycles. The molecule has 0 aliphatic heterocycles. The van der Waals surface area contributed by atoms with Gasteiger partial charge in [0.25, 0.3) is 0 Å². The Morgan fingerprint density at radius 1 is 1.28 bits per heavy atom. The van der Waals surface area contributed by atoms with Crippen LogP contribution in [0.15, 0.2) is 45.9 Å². The van der Waals surface area contributed by atoms with Crippen molar-refractivity contribution in [3.05, 3.63) is 52.2 Å². The molecular weight excluding hydrogens is 447 g/mol. The summed E-state index contributed by atoms with van der Waals surface area (Å²) in [7, 11) is 0. The fourth-order valence-electron chi connectivity index (χ4n) is 2.42. The highest BCUT2D eigenvalue weighted by Crippen LogP contribution is 2.19. The average Bonchev–Trinajstić information content (AvgIpc) is 3.18. The lowest BCUT2D eigenvalue weighted by molar-refractivity contribution is 0.551. The van der Waals surface area contributed by atoms with Crippen LogP contribution in [0.25, 0.3) is 11.0 Å². The minimum atomic E-state index is 0. The van der Waals surface area contributed by atoms with E-state index in [0.29, 0.717) is 6.54 Å². The standard InChI is InChI=1S/C18H22N4OS.HI/c1-3-19-18(20-9-8-17-21-11-13(2)24-17)22-12-15-10-14-6-4-5-7-16(14)23-15;/h4-7,10-11H,3,8-9,12H2,1-2H3,(H2,19,20,22);1H. The number of aliphatic imine (C=N–C) groups is 1. The van der Waals surface area contributed by atoms with Gasteiger partial charge in [-0.3, -0.25) is 0 Å². The normalized spacial score (nSPS) is 11.4. The minimum absolute atomic E-state index is 0. The van der Waals surface area contributed by atoms with Crippen LogP contribution in [0.4, 0.5) is 0 Å². The van der Waals surface area contributed by atoms with Crippen LogP contribution in [-0.2, 0) is 13.0 Å². The number of nitrogens with one attached hydrogen (secondary N) is 2. The van der Waals surface area contributed by atoms with Gasteiger partial charge in [-0.15, -0.1) is 35.3 Å². The van der Waals surface area contributed by atoms with Gasteiger partial charge in [0.05, 0.1) is 5.01 Å². The Morgan fingerprint density at radius 3 is 2.84 bits per heavy atom. The van der Waals surface area contributed by atoms with Crippen LogP contribution in [0.2, 0.25) is 0 Å². The molecule has 0 atom stereocenters. The second kappa shape index (κ2) is 9.76. The smallest absolute Gasteiger partial charge is 0.191 e. The van der Waals surface area contributed by atoms with Gasteiger partial charge >= 0.3 is 0 Å². The van der Waals surface area contributed by atoms with Crippen LogP contribution in [0.3, 0.4) is 0 Å². The highest BCUT2D eigenvalue weighted by atomic mass is 127. The first-order valence-electron chi connectivity index (χ1n) is 8.15. The number of hydrogen-bond donors (Lipinski definition) is 2. The molecule has 0 bridgehead atoms. The molecule has 0 saturated heterocycles. The van der Waals surface area contributed by atoms with Crippen molar-refractivity contribution in [1.82, 2.24) is 15.6 Å². The van der Waals surface area contributed by atoms with E-state index in [2.05, 4.69) is 34.5 Å². The zero-order valence-electron chi connectivity index (χ0n) is 14.4. The van der Waals surface area contributed by atoms with Crippen LogP contribution < -0.4 is 10.6 Å². The minimum Gasteiger partial charge on any atom is -0.459 e. The molecule has 3 aromatic rings. The van der Waals surface area contributed by atoms with Crippen LogP contribution in [0.1, 0.15) is 22.6 Å². The van der Waals surface area contributed by atoms with E-state index in [1.54, 1.807) is 11.3 Å². The Morgan fingerprint density at radius 2 is 2.12 bits per heavy atom. The number of fused-ring (bicyclic) bond motifs is 1. The Hall–Kier alpha value is -1.61. The molecule has 5 nitrogen and oxygen atoms in total. The van der Waals surface area contributed by atoms with Crippen LogP contribution in [0.5, 0.6) is 0 Å². The lowest BCUT2D eigenvalue weighted by atomic mass is 10.2. The Bertz CT molecular complexity index is 794. The van der Waals surface area contributed by atoms with Gasteiger partial charge in [0.2, 0.25) is 0 Å². The number of benzene rings is 1. The summed E-state index contributed by atoms with van der Waals surface area (Å²) in [6.07, 6.45) is 2.81. The van der Waals surface area contributed by atoms with Crippen molar-refractivity contribution in [1.29, 1.82) is 0 Å². The molecule has 0 aliphatic carbocycles. The molecule has 1 aromatic carbocycles. The number of thiazole rings is 1. The highest BCUT2D eigenvalue weighted by Gasteiger charge is 2.04. The summed E-state index contributed by atoms with van der Waals surface area (Å²) in [5.41, 5.74) is 0.903. The van der Waals surface area contributed by atoms with Gasteiger partial charge in [0.1, 0.15) is 17.9 Å². The van der Waals surface area contributed by atoms with Crippen LogP contribution in [0, 0.1) is 6.92 Å². The Balaban J connectivity index is 0.00000225. The number of nitrogens with zero attached hydrogens (tertiary/aromatic N) is 2. The maximum atomic E-state index is 5.80. The molecule has 0 spiro atoms. The Labute approximate surface area is 169 Å². The lowest BCUT2D eigenvalue weighted by Gasteiger charge is -2.10. The first kappa shape index (κ1) is 19.7. The monoisotopic (exact) mass is 470 g/mol. The molecule has 0 unspecified atom stereocenters. The predicted octanol–water partition coefficient (Wildman–Crippen LogP) is 4.11. The van der Waals surface area contributed by atoms with Gasteiger partial charge < -0.3 is 15.1 Å². The summed E-state index contributed by atoms with van der Waals surface area (Å²) in [5.74, 6) is 1.66. The van der Waals surface area contributed by atoms with Crippen molar-refractivity contribution in [2.75, 3.05) is 13.1 Å². The number of aryl methyl sites for hydroxylation is 1. The Kier molecular flexibility index (Phi) is 7.70. The van der Waals surface area contributed by atoms with Gasteiger partial charge in [-0.2, -0.15) is 0 Å². The predicted molar refractivity (Wildman–Crippen MR) is 115 cm³/mol. The van der Waals surface area contributed by atoms with Gasteiger partial charge in [-0.25, -0.2) is 9.98 Å². The van der Waals surface area contributed by atoms with Crippen LogP contribution in [-0.4, -0.2) is 24.0 Å². The second-order valence-electron chi connectivity index (χ2n) is 5.49. The average molecular weight is 470 g/mol. The van der Waals surface area contributed by atoms with Crippen LogP contribution >= 0.6 is 35.3 Å². The molecule has 2 N–H and O–H groups in total. The number of rotatable bonds is 6. The molecule has 7 heteroatoms. The highest BCUT2D eigenvalue weighted by molar-refractivity contribution is 14.0. The number of guanidine groups is 1. The molecule has 0 radical (unpaired) electrons. The van der Waals surface area contributed by atoms with E-state index in [4.69, 9.17) is 4.42 Å². The third-order valence-electron chi connectivity index (χ3n) is 3.51. The van der Waals surface area contributed by atoms with E-state index in [-0.39, 0.29) is 24.0 Å². The molecular formula is C18H23IN4OS. The van der Waals surface area contributed by atoms with Crippen molar-refractivity contribution >= 4 is 52.2 Å². The third kappa shape index (κ3) is 5.71. The summed E-state index contributed by atoms with van der Waals surface area (Å²) in [6.45, 7) is 6.28. The number of aromatic nitrogens is 1. The first-order chi connectivity index (χ1) is 11.7. The fraction of sp³-hybridized carbons (Fsp3) is 0.333. The van der Waals surface area contributed by atoms with E-state index < -0.39 is 0 Å². The largest absolute Gasteiger partial charge is 0.459 e. The van der Waals surface area contributed by atoms with Gasteiger partial charge in [-0.1, -0.05) is 18.2 Å². The van der Waals surface area contributed by atoms with Gasteiger partial charge in [0.15, 0.2) is 5.96 Å². The number of halogens is 1. The van der Waals surface area contributed by atoms with E-state index >= 15 is 0 Å². The number of para-hydroxylation sites is 1. The molecule has 25 heavy (non-hydrogen) atoms. The topological polar surface area (TPSA) is 62.5 Å². The summed E-state index contributed by atoms with van der Waals surface area (Å²) < 4.78 is 5.80. The van der Waals surface area contributed by atoms with Crippen molar-refractivity contribution < 1.29 is 4.42 Å². The summed E-state index contributed by atoms with van der Waals surface area (Å²) >= 11 is 1.74. The summed E-state index contributed by atoms with van der Waals surface area (Å²) in [5, 5.41) is 8.86. The van der Waals surface area contributed by atoms with Gasteiger partial charge in [0, 0.05) is 36.0 Å². The van der Waals surface area contributed by atoms with E-state index in [0.717, 1.165) is 47.2 Å². The maximum absolute atomic E-state index is 5.80. The molecule has 3 rings (SSSR count). The zero-order chi connectivity index (χ0) is 16.8. The molecule has 2 aromatic heterocycles. The first-order valence-corrected chi connectivity index (χ1v) is 8.97. The van der Waals surface area contributed by atoms with E-state index in [9.17, 15) is 0 Å². The SMILES string of the molecule is CCNC(=NCc1cc2ccccc2o1)NCCc1ncc(C)s1.I. The molecule has 134 valence electrons.